The molecular formula is C20H26O5. The first kappa shape index (κ1) is 17.9. The Morgan fingerprint density at radius 3 is 2.76 bits per heavy atom. The van der Waals surface area contributed by atoms with Crippen molar-refractivity contribution in [1.29, 1.82) is 0 Å². The van der Waals surface area contributed by atoms with Gasteiger partial charge in [-0.3, -0.25) is 0 Å². The number of fused-ring (bicyclic) bond motifs is 3. The minimum Gasteiger partial charge on any atom is -0.458 e. The summed E-state index contributed by atoms with van der Waals surface area (Å²) in [6.07, 6.45) is 1.88. The summed E-state index contributed by atoms with van der Waals surface area (Å²) in [7, 11) is 0. The van der Waals surface area contributed by atoms with E-state index >= 15 is 0 Å². The molecule has 0 aromatic heterocycles. The molecule has 0 amide bonds. The highest BCUT2D eigenvalue weighted by Gasteiger charge is 2.62. The lowest BCUT2D eigenvalue weighted by atomic mass is 9.53. The van der Waals surface area contributed by atoms with Crippen molar-refractivity contribution in [3.63, 3.8) is 0 Å². The van der Waals surface area contributed by atoms with Gasteiger partial charge in [0.25, 0.3) is 0 Å². The lowest BCUT2D eigenvalue weighted by Crippen LogP contribution is -2.58. The molecule has 1 heterocycles. The average Bonchev–Trinajstić information content (AvgIpc) is 2.85. The van der Waals surface area contributed by atoms with Gasteiger partial charge in [0.1, 0.15) is 12.2 Å². The van der Waals surface area contributed by atoms with Gasteiger partial charge in [-0.2, -0.15) is 0 Å². The summed E-state index contributed by atoms with van der Waals surface area (Å²) >= 11 is 0. The van der Waals surface area contributed by atoms with Crippen LogP contribution in [0.3, 0.4) is 0 Å². The number of aliphatic hydroxyl groups is 1. The Labute approximate surface area is 148 Å². The van der Waals surface area contributed by atoms with E-state index in [1.807, 2.05) is 6.92 Å². The fraction of sp³-hybridized carbons (Fsp3) is 0.600. The maximum absolute atomic E-state index is 12.3. The Morgan fingerprint density at radius 2 is 2.12 bits per heavy atom. The molecule has 2 saturated carbocycles. The fourth-order valence-electron chi connectivity index (χ4n) is 4.69. The molecule has 1 aliphatic heterocycles. The summed E-state index contributed by atoms with van der Waals surface area (Å²) in [6, 6.07) is 0. The van der Waals surface area contributed by atoms with Crippen LogP contribution in [-0.4, -0.2) is 35.4 Å². The van der Waals surface area contributed by atoms with Crippen molar-refractivity contribution in [1.82, 2.24) is 0 Å². The molecule has 3 aliphatic rings. The largest absolute Gasteiger partial charge is 0.458 e. The second-order valence-electron chi connectivity index (χ2n) is 7.74. The standard InChI is InChI=1S/C20H26O5/c1-6-10(2)18(22)24-13-9-20(5)14(21)8-7-11(3)16(20)17-15(13)12(4)19(23)25-17/h6,13-17,21H,3-4,7-9H2,1-2,5H3/b10-6+/t13?,14?,15?,16-,17?,20+/m1/s1. The fourth-order valence-corrected chi connectivity index (χ4v) is 4.69. The van der Waals surface area contributed by atoms with Gasteiger partial charge in [0.15, 0.2) is 0 Å². The Balaban J connectivity index is 1.99. The van der Waals surface area contributed by atoms with Crippen LogP contribution in [0.5, 0.6) is 0 Å². The van der Waals surface area contributed by atoms with Gasteiger partial charge in [0.05, 0.1) is 12.0 Å². The van der Waals surface area contributed by atoms with Crippen molar-refractivity contribution in [2.45, 2.75) is 58.3 Å². The topological polar surface area (TPSA) is 72.8 Å². The summed E-state index contributed by atoms with van der Waals surface area (Å²) in [5.41, 5.74) is 1.29. The highest BCUT2D eigenvalue weighted by atomic mass is 16.6. The van der Waals surface area contributed by atoms with E-state index in [2.05, 4.69) is 13.2 Å². The first-order valence-electron chi connectivity index (χ1n) is 8.80. The number of hydrogen-bond acceptors (Lipinski definition) is 5. The molecule has 3 rings (SSSR count). The molecule has 0 aromatic carbocycles. The lowest BCUT2D eigenvalue weighted by Gasteiger charge is -2.54. The number of rotatable bonds is 2. The number of hydrogen-bond donors (Lipinski definition) is 1. The van der Waals surface area contributed by atoms with Gasteiger partial charge in [-0.25, -0.2) is 9.59 Å². The Hall–Kier alpha value is -1.88. The van der Waals surface area contributed by atoms with Gasteiger partial charge in [-0.05, 0) is 33.1 Å². The Kier molecular flexibility index (Phi) is 4.40. The lowest BCUT2D eigenvalue weighted by molar-refractivity contribution is -0.175. The predicted molar refractivity (Wildman–Crippen MR) is 92.4 cm³/mol. The zero-order chi connectivity index (χ0) is 18.5. The first-order chi connectivity index (χ1) is 11.7. The quantitative estimate of drug-likeness (QED) is 0.473. The Morgan fingerprint density at radius 1 is 1.44 bits per heavy atom. The van der Waals surface area contributed by atoms with Gasteiger partial charge in [-0.15, -0.1) is 0 Å². The van der Waals surface area contributed by atoms with Crippen molar-refractivity contribution >= 4 is 11.9 Å². The average molecular weight is 346 g/mol. The molecule has 0 radical (unpaired) electrons. The van der Waals surface area contributed by atoms with Crippen molar-refractivity contribution < 1.29 is 24.2 Å². The third-order valence-electron chi connectivity index (χ3n) is 6.30. The number of carbonyl (C=O) groups excluding carboxylic acids is 2. The summed E-state index contributed by atoms with van der Waals surface area (Å²) in [4.78, 5) is 24.5. The van der Waals surface area contributed by atoms with E-state index in [0.29, 0.717) is 30.4 Å². The smallest absolute Gasteiger partial charge is 0.334 e. The molecule has 5 heteroatoms. The van der Waals surface area contributed by atoms with Crippen LogP contribution in [0.4, 0.5) is 0 Å². The molecule has 3 fully saturated rings. The zero-order valence-electron chi connectivity index (χ0n) is 15.1. The van der Waals surface area contributed by atoms with Gasteiger partial charge in [-0.1, -0.05) is 31.7 Å². The third kappa shape index (κ3) is 2.65. The van der Waals surface area contributed by atoms with E-state index < -0.39 is 35.7 Å². The van der Waals surface area contributed by atoms with E-state index in [1.54, 1.807) is 19.9 Å². The van der Waals surface area contributed by atoms with Crippen molar-refractivity contribution in [2.24, 2.45) is 17.3 Å². The molecule has 1 saturated heterocycles. The normalized spacial score (nSPS) is 41.0. The molecule has 1 N–H and O–H groups in total. The molecule has 2 aliphatic carbocycles. The van der Waals surface area contributed by atoms with Crippen molar-refractivity contribution in [2.75, 3.05) is 0 Å². The summed E-state index contributed by atoms with van der Waals surface area (Å²) < 4.78 is 11.3. The van der Waals surface area contributed by atoms with Gasteiger partial charge in [0.2, 0.25) is 0 Å². The van der Waals surface area contributed by atoms with E-state index in [-0.39, 0.29) is 11.8 Å². The van der Waals surface area contributed by atoms with Crippen LogP contribution in [0.2, 0.25) is 0 Å². The number of allylic oxidation sites excluding steroid dienone is 1. The third-order valence-corrected chi connectivity index (χ3v) is 6.30. The maximum atomic E-state index is 12.3. The molecular weight excluding hydrogens is 320 g/mol. The van der Waals surface area contributed by atoms with E-state index in [9.17, 15) is 14.7 Å². The molecule has 136 valence electrons. The molecule has 0 spiro atoms. The molecule has 4 unspecified atom stereocenters. The molecule has 0 aromatic rings. The van der Waals surface area contributed by atoms with Crippen molar-refractivity contribution in [3.8, 4) is 0 Å². The van der Waals surface area contributed by atoms with Crippen molar-refractivity contribution in [3.05, 3.63) is 36.0 Å². The van der Waals surface area contributed by atoms with Crippen LogP contribution in [-0.2, 0) is 19.1 Å². The molecule has 0 bridgehead atoms. The monoisotopic (exact) mass is 346 g/mol. The van der Waals surface area contributed by atoms with Crippen LogP contribution < -0.4 is 0 Å². The van der Waals surface area contributed by atoms with Crippen LogP contribution >= 0.6 is 0 Å². The van der Waals surface area contributed by atoms with Crippen LogP contribution in [0.1, 0.15) is 40.0 Å². The maximum Gasteiger partial charge on any atom is 0.334 e. The summed E-state index contributed by atoms with van der Waals surface area (Å²) in [6.45, 7) is 13.5. The number of esters is 2. The van der Waals surface area contributed by atoms with Crippen LogP contribution in [0, 0.1) is 17.3 Å². The first-order valence-corrected chi connectivity index (χ1v) is 8.80. The highest BCUT2D eigenvalue weighted by molar-refractivity contribution is 5.92. The Bertz CT molecular complexity index is 676. The SMILES string of the molecule is C=C1C(=O)OC2C1C(OC(=O)/C(C)=C/C)C[C@@]1(C)C(O)CCC(=C)[C@H]21. The minimum absolute atomic E-state index is 0.151. The van der Waals surface area contributed by atoms with Gasteiger partial charge < -0.3 is 14.6 Å². The zero-order valence-corrected chi connectivity index (χ0v) is 15.1. The predicted octanol–water partition coefficient (Wildman–Crippen LogP) is 2.70. The molecule has 5 nitrogen and oxygen atoms in total. The van der Waals surface area contributed by atoms with E-state index in [1.165, 1.54) is 0 Å². The minimum atomic E-state index is -0.555. The van der Waals surface area contributed by atoms with E-state index in [0.717, 1.165) is 5.57 Å². The van der Waals surface area contributed by atoms with E-state index in [4.69, 9.17) is 9.47 Å². The van der Waals surface area contributed by atoms with Gasteiger partial charge >= 0.3 is 11.9 Å². The highest BCUT2D eigenvalue weighted by Crippen LogP contribution is 2.57. The number of carbonyl (C=O) groups is 2. The van der Waals surface area contributed by atoms with Gasteiger partial charge in [0, 0.05) is 22.5 Å². The second kappa shape index (κ2) is 6.13. The summed E-state index contributed by atoms with van der Waals surface area (Å²) in [5, 5.41) is 10.7. The molecule has 6 atom stereocenters. The summed E-state index contributed by atoms with van der Waals surface area (Å²) in [5.74, 6) is -1.40. The van der Waals surface area contributed by atoms with Crippen LogP contribution in [0.25, 0.3) is 0 Å². The second-order valence-corrected chi connectivity index (χ2v) is 7.74. The molecule has 25 heavy (non-hydrogen) atoms. The number of ether oxygens (including phenoxy) is 2. The number of aliphatic hydroxyl groups excluding tert-OH is 1. The van der Waals surface area contributed by atoms with Crippen LogP contribution in [0.15, 0.2) is 36.0 Å².